The van der Waals surface area contributed by atoms with Crippen LogP contribution in [0.3, 0.4) is 0 Å². The lowest BCUT2D eigenvalue weighted by Crippen LogP contribution is -2.42. The molecule has 146 valence electrons. The second-order valence-corrected chi connectivity index (χ2v) is 6.84. The molecule has 1 unspecified atom stereocenters. The van der Waals surface area contributed by atoms with E-state index in [0.717, 1.165) is 18.4 Å². The van der Waals surface area contributed by atoms with Crippen molar-refractivity contribution in [2.24, 2.45) is 0 Å². The minimum absolute atomic E-state index is 0.0806. The van der Waals surface area contributed by atoms with Gasteiger partial charge in [-0.15, -0.1) is 0 Å². The van der Waals surface area contributed by atoms with Crippen molar-refractivity contribution in [2.75, 3.05) is 5.32 Å². The SMILES string of the molecule is CC(C(=O)O)N(Cc1ccccc1)C(=O)c1ccc(NC2CC2)c([N+](=O)[O-])c1. The molecule has 2 aromatic rings. The number of benzene rings is 2. The maximum Gasteiger partial charge on any atom is 0.326 e. The van der Waals surface area contributed by atoms with Crippen LogP contribution in [0.2, 0.25) is 0 Å². The van der Waals surface area contributed by atoms with Crippen LogP contribution < -0.4 is 5.32 Å². The highest BCUT2D eigenvalue weighted by Crippen LogP contribution is 2.32. The van der Waals surface area contributed by atoms with Gasteiger partial charge in [-0.05, 0) is 37.5 Å². The van der Waals surface area contributed by atoms with Gasteiger partial charge in [0.25, 0.3) is 11.6 Å². The molecular weight excluding hydrogens is 362 g/mol. The number of carbonyl (C=O) groups is 2. The van der Waals surface area contributed by atoms with E-state index < -0.39 is 22.8 Å². The van der Waals surface area contributed by atoms with Gasteiger partial charge in [0, 0.05) is 24.2 Å². The van der Waals surface area contributed by atoms with Crippen LogP contribution in [-0.2, 0) is 11.3 Å². The van der Waals surface area contributed by atoms with E-state index in [-0.39, 0.29) is 23.8 Å². The molecule has 1 aliphatic rings. The number of carboxylic acid groups (broad SMARTS) is 1. The molecule has 1 saturated carbocycles. The molecule has 8 nitrogen and oxygen atoms in total. The average Bonchev–Trinajstić information content (AvgIpc) is 3.50. The number of anilines is 1. The van der Waals surface area contributed by atoms with Crippen LogP contribution in [0.15, 0.2) is 48.5 Å². The highest BCUT2D eigenvalue weighted by Gasteiger charge is 2.29. The quantitative estimate of drug-likeness (QED) is 0.534. The second-order valence-electron chi connectivity index (χ2n) is 6.84. The van der Waals surface area contributed by atoms with E-state index in [4.69, 9.17) is 0 Å². The molecule has 0 radical (unpaired) electrons. The first-order valence-electron chi connectivity index (χ1n) is 8.99. The van der Waals surface area contributed by atoms with Crippen molar-refractivity contribution in [3.8, 4) is 0 Å². The number of hydrogen-bond acceptors (Lipinski definition) is 5. The number of carboxylic acids is 1. The Hall–Kier alpha value is -3.42. The van der Waals surface area contributed by atoms with Crippen molar-refractivity contribution < 1.29 is 19.6 Å². The van der Waals surface area contributed by atoms with Crippen molar-refractivity contribution in [3.63, 3.8) is 0 Å². The Morgan fingerprint density at radius 3 is 2.50 bits per heavy atom. The predicted molar refractivity (Wildman–Crippen MR) is 103 cm³/mol. The Labute approximate surface area is 161 Å². The maximum absolute atomic E-state index is 13.0. The Morgan fingerprint density at radius 2 is 1.93 bits per heavy atom. The van der Waals surface area contributed by atoms with Crippen molar-refractivity contribution >= 4 is 23.3 Å². The number of hydrogen-bond donors (Lipinski definition) is 2. The van der Waals surface area contributed by atoms with Gasteiger partial charge in [0.2, 0.25) is 0 Å². The van der Waals surface area contributed by atoms with Gasteiger partial charge in [-0.25, -0.2) is 4.79 Å². The van der Waals surface area contributed by atoms with E-state index >= 15 is 0 Å². The van der Waals surface area contributed by atoms with Crippen LogP contribution in [0.5, 0.6) is 0 Å². The van der Waals surface area contributed by atoms with E-state index in [0.29, 0.717) is 5.69 Å². The number of nitrogens with zero attached hydrogens (tertiary/aromatic N) is 2. The Morgan fingerprint density at radius 1 is 1.25 bits per heavy atom. The summed E-state index contributed by atoms with van der Waals surface area (Å²) in [6.07, 6.45) is 1.91. The number of nitro groups is 1. The van der Waals surface area contributed by atoms with Crippen LogP contribution in [-0.4, -0.2) is 38.9 Å². The van der Waals surface area contributed by atoms with Gasteiger partial charge in [0.1, 0.15) is 11.7 Å². The van der Waals surface area contributed by atoms with E-state index in [1.807, 2.05) is 6.07 Å². The van der Waals surface area contributed by atoms with Crippen molar-refractivity contribution in [3.05, 3.63) is 69.8 Å². The lowest BCUT2D eigenvalue weighted by Gasteiger charge is -2.27. The summed E-state index contributed by atoms with van der Waals surface area (Å²) in [5.74, 6) is -1.72. The van der Waals surface area contributed by atoms with Crippen LogP contribution >= 0.6 is 0 Å². The standard InChI is InChI=1S/C20H21N3O5/c1-13(20(25)26)22(12-14-5-3-2-4-6-14)19(24)15-7-10-17(21-16-8-9-16)18(11-15)23(27)28/h2-7,10-11,13,16,21H,8-9,12H2,1H3,(H,25,26). The third kappa shape index (κ3) is 4.46. The molecule has 1 fully saturated rings. The molecule has 1 amide bonds. The molecule has 1 atom stereocenters. The Balaban J connectivity index is 1.91. The normalized spacial score (nSPS) is 14.2. The number of carbonyl (C=O) groups excluding carboxylic acids is 1. The summed E-state index contributed by atoms with van der Waals surface area (Å²) < 4.78 is 0. The number of rotatable bonds is 8. The highest BCUT2D eigenvalue weighted by atomic mass is 16.6. The zero-order valence-corrected chi connectivity index (χ0v) is 15.4. The highest BCUT2D eigenvalue weighted by molar-refractivity contribution is 5.97. The molecule has 0 bridgehead atoms. The largest absolute Gasteiger partial charge is 0.480 e. The fraction of sp³-hybridized carbons (Fsp3) is 0.300. The molecule has 0 heterocycles. The number of aliphatic carboxylic acids is 1. The molecular formula is C20H21N3O5. The maximum atomic E-state index is 13.0. The fourth-order valence-corrected chi connectivity index (χ4v) is 2.85. The van der Waals surface area contributed by atoms with E-state index in [9.17, 15) is 24.8 Å². The summed E-state index contributed by atoms with van der Waals surface area (Å²) >= 11 is 0. The number of amides is 1. The first-order valence-corrected chi connectivity index (χ1v) is 8.99. The summed E-state index contributed by atoms with van der Waals surface area (Å²) in [6, 6.07) is 12.4. The molecule has 28 heavy (non-hydrogen) atoms. The molecule has 2 N–H and O–H groups in total. The minimum atomic E-state index is -1.15. The summed E-state index contributed by atoms with van der Waals surface area (Å²) in [4.78, 5) is 36.7. The third-order valence-corrected chi connectivity index (χ3v) is 4.66. The van der Waals surface area contributed by atoms with Crippen LogP contribution in [0.25, 0.3) is 0 Å². The monoisotopic (exact) mass is 383 g/mol. The van der Waals surface area contributed by atoms with E-state index in [2.05, 4.69) is 5.32 Å². The van der Waals surface area contributed by atoms with Gasteiger partial charge in [-0.3, -0.25) is 14.9 Å². The topological polar surface area (TPSA) is 113 Å². The molecule has 3 rings (SSSR count). The first kappa shape index (κ1) is 19.3. The zero-order chi connectivity index (χ0) is 20.3. The molecule has 2 aromatic carbocycles. The summed E-state index contributed by atoms with van der Waals surface area (Å²) in [7, 11) is 0. The van der Waals surface area contributed by atoms with Crippen molar-refractivity contribution in [2.45, 2.75) is 38.4 Å². The van der Waals surface area contributed by atoms with Gasteiger partial charge < -0.3 is 15.3 Å². The van der Waals surface area contributed by atoms with E-state index in [1.165, 1.54) is 30.0 Å². The minimum Gasteiger partial charge on any atom is -0.480 e. The smallest absolute Gasteiger partial charge is 0.326 e. The summed E-state index contributed by atoms with van der Waals surface area (Å²) in [6.45, 7) is 1.50. The number of nitrogens with one attached hydrogen (secondary N) is 1. The second kappa shape index (κ2) is 8.08. The van der Waals surface area contributed by atoms with Gasteiger partial charge in [-0.1, -0.05) is 30.3 Å². The number of nitro benzene ring substituents is 1. The third-order valence-electron chi connectivity index (χ3n) is 4.66. The van der Waals surface area contributed by atoms with Crippen molar-refractivity contribution in [1.29, 1.82) is 0 Å². The molecule has 8 heteroatoms. The van der Waals surface area contributed by atoms with E-state index in [1.54, 1.807) is 24.3 Å². The van der Waals surface area contributed by atoms with Crippen molar-refractivity contribution in [1.82, 2.24) is 4.90 Å². The Kier molecular flexibility index (Phi) is 5.58. The molecule has 0 aromatic heterocycles. The Bertz CT molecular complexity index is 896. The lowest BCUT2D eigenvalue weighted by molar-refractivity contribution is -0.384. The fourth-order valence-electron chi connectivity index (χ4n) is 2.85. The van der Waals surface area contributed by atoms with Crippen LogP contribution in [0.4, 0.5) is 11.4 Å². The molecule has 0 spiro atoms. The van der Waals surface area contributed by atoms with Gasteiger partial charge in [0.15, 0.2) is 0 Å². The van der Waals surface area contributed by atoms with Crippen LogP contribution in [0, 0.1) is 10.1 Å². The average molecular weight is 383 g/mol. The van der Waals surface area contributed by atoms with Gasteiger partial charge in [0.05, 0.1) is 4.92 Å². The van der Waals surface area contributed by atoms with Gasteiger partial charge >= 0.3 is 5.97 Å². The molecule has 1 aliphatic carbocycles. The van der Waals surface area contributed by atoms with Gasteiger partial charge in [-0.2, -0.15) is 0 Å². The first-order chi connectivity index (χ1) is 13.4. The molecule has 0 aliphatic heterocycles. The molecule has 0 saturated heterocycles. The predicted octanol–water partition coefficient (Wildman–Crippen LogP) is 3.28. The zero-order valence-electron chi connectivity index (χ0n) is 15.4. The van der Waals surface area contributed by atoms with Crippen LogP contribution in [0.1, 0.15) is 35.7 Å². The lowest BCUT2D eigenvalue weighted by atomic mass is 10.1. The summed E-state index contributed by atoms with van der Waals surface area (Å²) in [5, 5.41) is 23.9. The summed E-state index contributed by atoms with van der Waals surface area (Å²) in [5.41, 5.74) is 1.02.